The van der Waals surface area contributed by atoms with Crippen molar-refractivity contribution in [3.8, 4) is 16.9 Å². The first-order chi connectivity index (χ1) is 9.92. The molecule has 21 heavy (non-hydrogen) atoms. The van der Waals surface area contributed by atoms with Crippen molar-refractivity contribution in [2.45, 2.75) is 6.36 Å². The molecule has 3 rings (SSSR count). The fourth-order valence-corrected chi connectivity index (χ4v) is 1.95. The van der Waals surface area contributed by atoms with Crippen molar-refractivity contribution in [1.29, 1.82) is 0 Å². The minimum absolute atomic E-state index is 0.298. The number of anilines is 1. The van der Waals surface area contributed by atoms with E-state index in [0.717, 1.165) is 0 Å². The van der Waals surface area contributed by atoms with Gasteiger partial charge in [-0.3, -0.25) is 0 Å². The van der Waals surface area contributed by atoms with Crippen LogP contribution in [-0.4, -0.2) is 21.0 Å². The predicted molar refractivity (Wildman–Crippen MR) is 69.5 cm³/mol. The van der Waals surface area contributed by atoms with E-state index in [1.54, 1.807) is 18.3 Å². The van der Waals surface area contributed by atoms with Gasteiger partial charge in [0.2, 0.25) is 0 Å². The van der Waals surface area contributed by atoms with Gasteiger partial charge < -0.3 is 10.5 Å². The summed E-state index contributed by atoms with van der Waals surface area (Å²) < 4.78 is 42.2. The normalized spacial score (nSPS) is 11.8. The van der Waals surface area contributed by atoms with Crippen LogP contribution in [0.5, 0.6) is 5.75 Å². The Morgan fingerprint density at radius 1 is 1.19 bits per heavy atom. The number of fused-ring (bicyclic) bond motifs is 1. The minimum atomic E-state index is -4.73. The summed E-state index contributed by atoms with van der Waals surface area (Å²) in [6.07, 6.45) is -1.60. The Balaban J connectivity index is 2.06. The summed E-state index contributed by atoms with van der Waals surface area (Å²) in [5, 5.41) is 4.08. The van der Waals surface area contributed by atoms with Gasteiger partial charge in [0.1, 0.15) is 11.6 Å². The van der Waals surface area contributed by atoms with Crippen LogP contribution in [0.25, 0.3) is 16.8 Å². The Labute approximate surface area is 116 Å². The van der Waals surface area contributed by atoms with Crippen LogP contribution < -0.4 is 10.5 Å². The highest BCUT2D eigenvalue weighted by Gasteiger charge is 2.31. The van der Waals surface area contributed by atoms with Gasteiger partial charge in [0.15, 0.2) is 5.65 Å². The molecule has 2 N–H and O–H groups in total. The third kappa shape index (κ3) is 2.73. The lowest BCUT2D eigenvalue weighted by Crippen LogP contribution is -2.17. The molecule has 8 heteroatoms. The number of nitrogen functional groups attached to an aromatic ring is 1. The molecule has 0 spiro atoms. The summed E-state index contributed by atoms with van der Waals surface area (Å²) in [5.74, 6) is -0.00445. The van der Waals surface area contributed by atoms with Crippen LogP contribution in [0.3, 0.4) is 0 Å². The van der Waals surface area contributed by atoms with E-state index in [-0.39, 0.29) is 5.75 Å². The van der Waals surface area contributed by atoms with Crippen molar-refractivity contribution in [3.63, 3.8) is 0 Å². The van der Waals surface area contributed by atoms with E-state index in [9.17, 15) is 13.2 Å². The number of nitrogens with two attached hydrogens (primary N) is 1. The highest BCUT2D eigenvalue weighted by molar-refractivity contribution is 5.78. The SMILES string of the molecule is Nc1ccn2ncc(-c3cccc(OC(F)(F)F)c3)c2n1. The van der Waals surface area contributed by atoms with E-state index in [2.05, 4.69) is 14.8 Å². The first kappa shape index (κ1) is 13.2. The summed E-state index contributed by atoms with van der Waals surface area (Å²) in [6.45, 7) is 0. The highest BCUT2D eigenvalue weighted by Crippen LogP contribution is 2.29. The molecule has 2 heterocycles. The maximum atomic E-state index is 12.3. The largest absolute Gasteiger partial charge is 0.573 e. The van der Waals surface area contributed by atoms with Crippen LogP contribution in [0, 0.1) is 0 Å². The zero-order valence-corrected chi connectivity index (χ0v) is 10.5. The van der Waals surface area contributed by atoms with Gasteiger partial charge in [-0.15, -0.1) is 13.2 Å². The van der Waals surface area contributed by atoms with Crippen LogP contribution in [0.4, 0.5) is 19.0 Å². The zero-order chi connectivity index (χ0) is 15.0. The van der Waals surface area contributed by atoms with Crippen molar-refractivity contribution in [3.05, 3.63) is 42.7 Å². The van der Waals surface area contributed by atoms with Gasteiger partial charge >= 0.3 is 6.36 Å². The van der Waals surface area contributed by atoms with Gasteiger partial charge in [-0.25, -0.2) is 9.50 Å². The molecule has 0 radical (unpaired) electrons. The maximum absolute atomic E-state index is 12.3. The van der Waals surface area contributed by atoms with Crippen LogP contribution in [0.1, 0.15) is 0 Å². The molecule has 1 aromatic carbocycles. The molecular weight excluding hydrogens is 285 g/mol. The number of alkyl halides is 3. The Morgan fingerprint density at radius 2 is 2.00 bits per heavy atom. The van der Waals surface area contributed by atoms with Gasteiger partial charge in [-0.2, -0.15) is 5.10 Å². The predicted octanol–water partition coefficient (Wildman–Crippen LogP) is 2.88. The van der Waals surface area contributed by atoms with Crippen LogP contribution >= 0.6 is 0 Å². The maximum Gasteiger partial charge on any atom is 0.573 e. The lowest BCUT2D eigenvalue weighted by molar-refractivity contribution is -0.274. The fraction of sp³-hybridized carbons (Fsp3) is 0.0769. The summed E-state index contributed by atoms with van der Waals surface area (Å²) in [6, 6.07) is 7.18. The summed E-state index contributed by atoms with van der Waals surface area (Å²) in [5.41, 5.74) is 7.14. The number of ether oxygens (including phenoxy) is 1. The van der Waals surface area contributed by atoms with Crippen molar-refractivity contribution < 1.29 is 17.9 Å². The monoisotopic (exact) mass is 294 g/mol. The second kappa shape index (κ2) is 4.65. The van der Waals surface area contributed by atoms with Gasteiger partial charge in [-0.05, 0) is 23.8 Å². The van der Waals surface area contributed by atoms with Crippen LogP contribution in [-0.2, 0) is 0 Å². The standard InChI is InChI=1S/C13H9F3N4O/c14-13(15,16)21-9-3-1-2-8(6-9)10-7-18-20-5-4-11(17)19-12(10)20/h1-7H,(H2,17,19). The van der Waals surface area contributed by atoms with E-state index in [1.165, 1.54) is 28.9 Å². The fourth-order valence-electron chi connectivity index (χ4n) is 1.95. The third-order valence-electron chi connectivity index (χ3n) is 2.77. The molecule has 0 amide bonds. The summed E-state index contributed by atoms with van der Waals surface area (Å²) in [7, 11) is 0. The lowest BCUT2D eigenvalue weighted by atomic mass is 10.1. The van der Waals surface area contributed by atoms with E-state index in [0.29, 0.717) is 22.6 Å². The van der Waals surface area contributed by atoms with E-state index < -0.39 is 6.36 Å². The molecule has 0 bridgehead atoms. The average Bonchev–Trinajstić information content (AvgIpc) is 2.80. The molecule has 3 aromatic rings. The second-order valence-electron chi connectivity index (χ2n) is 4.25. The number of benzene rings is 1. The summed E-state index contributed by atoms with van der Waals surface area (Å²) in [4.78, 5) is 4.13. The van der Waals surface area contributed by atoms with Crippen molar-refractivity contribution in [1.82, 2.24) is 14.6 Å². The van der Waals surface area contributed by atoms with Gasteiger partial charge in [0.25, 0.3) is 0 Å². The molecule has 0 saturated heterocycles. The zero-order valence-electron chi connectivity index (χ0n) is 10.5. The molecule has 0 aliphatic rings. The minimum Gasteiger partial charge on any atom is -0.406 e. The van der Waals surface area contributed by atoms with Crippen molar-refractivity contribution >= 4 is 11.5 Å². The molecule has 2 aromatic heterocycles. The van der Waals surface area contributed by atoms with Crippen LogP contribution in [0.15, 0.2) is 42.7 Å². The molecule has 0 saturated carbocycles. The lowest BCUT2D eigenvalue weighted by Gasteiger charge is -2.09. The van der Waals surface area contributed by atoms with Crippen molar-refractivity contribution in [2.75, 3.05) is 5.73 Å². The third-order valence-corrected chi connectivity index (χ3v) is 2.77. The molecule has 0 unspecified atom stereocenters. The Morgan fingerprint density at radius 3 is 2.76 bits per heavy atom. The number of hydrogen-bond acceptors (Lipinski definition) is 4. The number of halogens is 3. The number of rotatable bonds is 2. The van der Waals surface area contributed by atoms with Gasteiger partial charge in [0.05, 0.1) is 6.20 Å². The molecule has 5 nitrogen and oxygen atoms in total. The molecule has 0 atom stereocenters. The first-order valence-corrected chi connectivity index (χ1v) is 5.88. The number of nitrogens with zero attached hydrogens (tertiary/aromatic N) is 3. The van der Waals surface area contributed by atoms with E-state index >= 15 is 0 Å². The Hall–Kier alpha value is -2.77. The highest BCUT2D eigenvalue weighted by atomic mass is 19.4. The van der Waals surface area contributed by atoms with E-state index in [1.807, 2.05) is 0 Å². The van der Waals surface area contributed by atoms with Crippen molar-refractivity contribution in [2.24, 2.45) is 0 Å². The van der Waals surface area contributed by atoms with E-state index in [4.69, 9.17) is 5.73 Å². The quantitative estimate of drug-likeness (QED) is 0.789. The molecule has 0 aliphatic carbocycles. The smallest absolute Gasteiger partial charge is 0.406 e. The summed E-state index contributed by atoms with van der Waals surface area (Å²) >= 11 is 0. The van der Waals surface area contributed by atoms with Gasteiger partial charge in [-0.1, -0.05) is 12.1 Å². The number of hydrogen-bond donors (Lipinski definition) is 1. The van der Waals surface area contributed by atoms with Gasteiger partial charge in [0, 0.05) is 11.8 Å². The second-order valence-corrected chi connectivity index (χ2v) is 4.25. The topological polar surface area (TPSA) is 65.4 Å². The Bertz CT molecular complexity index is 797. The molecule has 0 fully saturated rings. The molecule has 0 aliphatic heterocycles. The Kier molecular flexibility index (Phi) is 2.93. The molecule has 108 valence electrons. The average molecular weight is 294 g/mol. The first-order valence-electron chi connectivity index (χ1n) is 5.88. The molecular formula is C13H9F3N4O. The number of aromatic nitrogens is 3. The van der Waals surface area contributed by atoms with Crippen LogP contribution in [0.2, 0.25) is 0 Å².